The van der Waals surface area contributed by atoms with Gasteiger partial charge in [0.25, 0.3) is 0 Å². The molecule has 0 saturated heterocycles. The fraction of sp³-hybridized carbons (Fsp3) is 0. The molecule has 0 fully saturated rings. The molecule has 0 aromatic carbocycles. The fourth-order valence-electron chi connectivity index (χ4n) is 0.708. The second-order valence-electron chi connectivity index (χ2n) is 2.10. The zero-order chi connectivity index (χ0) is 10.0. The number of nitrogen functional groups attached to an aromatic ring is 1. The van der Waals surface area contributed by atoms with Crippen LogP contribution in [-0.4, -0.2) is 32.1 Å². The highest BCUT2D eigenvalue weighted by Gasteiger charge is 2.19. The molecule has 0 atom stereocenters. The molecule has 0 bridgehead atoms. The lowest BCUT2D eigenvalue weighted by molar-refractivity contribution is 0.0641. The molecule has 0 aliphatic heterocycles. The predicted octanol–water partition coefficient (Wildman–Crippen LogP) is -0.545. The highest BCUT2D eigenvalue weighted by atomic mass is 16.4. The van der Waals surface area contributed by atoms with Crippen molar-refractivity contribution in [2.24, 2.45) is 0 Å². The summed E-state index contributed by atoms with van der Waals surface area (Å²) in [5.74, 6) is -3.07. The van der Waals surface area contributed by atoms with Gasteiger partial charge in [-0.2, -0.15) is 0 Å². The Bertz CT molecular complexity index is 376. The van der Waals surface area contributed by atoms with Gasteiger partial charge in [0.1, 0.15) is 5.82 Å². The average Bonchev–Trinajstić information content (AvgIpc) is 2.03. The lowest BCUT2D eigenvalue weighted by Gasteiger charge is -1.99. The van der Waals surface area contributed by atoms with E-state index in [1.807, 2.05) is 0 Å². The van der Waals surface area contributed by atoms with E-state index >= 15 is 0 Å². The van der Waals surface area contributed by atoms with Gasteiger partial charge in [-0.3, -0.25) is 0 Å². The van der Waals surface area contributed by atoms with Gasteiger partial charge in [-0.1, -0.05) is 0 Å². The Morgan fingerprint density at radius 3 is 2.23 bits per heavy atom. The van der Waals surface area contributed by atoms with E-state index in [1.165, 1.54) is 0 Å². The highest BCUT2D eigenvalue weighted by molar-refractivity contribution is 5.98. The van der Waals surface area contributed by atoms with Crippen LogP contribution in [0.5, 0.6) is 0 Å². The minimum Gasteiger partial charge on any atom is -0.476 e. The summed E-state index contributed by atoms with van der Waals surface area (Å²) in [6.45, 7) is 0. The third-order valence-corrected chi connectivity index (χ3v) is 1.20. The Morgan fingerprint density at radius 2 is 1.77 bits per heavy atom. The number of carboxylic acid groups (broad SMARTS) is 2. The first-order valence-electron chi connectivity index (χ1n) is 3.11. The van der Waals surface area contributed by atoms with Gasteiger partial charge in [-0.25, -0.2) is 19.6 Å². The second kappa shape index (κ2) is 3.05. The van der Waals surface area contributed by atoms with Crippen LogP contribution in [-0.2, 0) is 0 Å². The van der Waals surface area contributed by atoms with Crippen LogP contribution in [0.4, 0.5) is 5.82 Å². The van der Waals surface area contributed by atoms with E-state index in [0.29, 0.717) is 0 Å². The Kier molecular flexibility index (Phi) is 2.09. The van der Waals surface area contributed by atoms with Gasteiger partial charge in [0.05, 0.1) is 6.20 Å². The molecule has 7 heteroatoms. The Hall–Kier alpha value is -2.18. The third kappa shape index (κ3) is 1.70. The molecule has 1 rings (SSSR count). The molecule has 0 saturated carbocycles. The molecule has 68 valence electrons. The molecular weight excluding hydrogens is 178 g/mol. The second-order valence-corrected chi connectivity index (χ2v) is 2.10. The highest BCUT2D eigenvalue weighted by Crippen LogP contribution is 2.05. The van der Waals surface area contributed by atoms with Crippen molar-refractivity contribution >= 4 is 17.8 Å². The number of hydrogen-bond acceptors (Lipinski definition) is 5. The van der Waals surface area contributed by atoms with Crippen molar-refractivity contribution in [3.05, 3.63) is 17.6 Å². The number of aromatic carboxylic acids is 2. The molecule has 0 aliphatic carbocycles. The van der Waals surface area contributed by atoms with Crippen LogP contribution in [0, 0.1) is 0 Å². The molecule has 4 N–H and O–H groups in total. The van der Waals surface area contributed by atoms with Crippen LogP contribution < -0.4 is 5.73 Å². The first kappa shape index (κ1) is 8.91. The Morgan fingerprint density at radius 1 is 1.23 bits per heavy atom. The normalized spacial score (nSPS) is 9.54. The van der Waals surface area contributed by atoms with E-state index in [-0.39, 0.29) is 5.82 Å². The van der Waals surface area contributed by atoms with Gasteiger partial charge >= 0.3 is 11.9 Å². The number of carboxylic acids is 2. The minimum absolute atomic E-state index is 0.137. The summed E-state index contributed by atoms with van der Waals surface area (Å²) in [7, 11) is 0. The summed E-state index contributed by atoms with van der Waals surface area (Å²) in [4.78, 5) is 27.5. The molecule has 1 aromatic rings. The molecule has 1 aromatic heterocycles. The Balaban J connectivity index is 3.35. The van der Waals surface area contributed by atoms with Crippen molar-refractivity contribution in [2.45, 2.75) is 0 Å². The third-order valence-electron chi connectivity index (χ3n) is 1.20. The number of aromatic nitrogens is 2. The van der Waals surface area contributed by atoms with Gasteiger partial charge in [-0.15, -0.1) is 0 Å². The molecule has 1 heterocycles. The van der Waals surface area contributed by atoms with Crippen LogP contribution in [0.2, 0.25) is 0 Å². The average molecular weight is 183 g/mol. The maximum atomic E-state index is 10.5. The van der Waals surface area contributed by atoms with Crippen molar-refractivity contribution in [3.63, 3.8) is 0 Å². The predicted molar refractivity (Wildman–Crippen MR) is 40.4 cm³/mol. The summed E-state index contributed by atoms with van der Waals surface area (Å²) in [5.41, 5.74) is 3.85. The van der Waals surface area contributed by atoms with E-state index in [1.54, 1.807) is 0 Å². The fourth-order valence-corrected chi connectivity index (χ4v) is 0.708. The summed E-state index contributed by atoms with van der Waals surface area (Å²) in [6, 6.07) is 0. The van der Waals surface area contributed by atoms with Gasteiger partial charge in [0, 0.05) is 0 Å². The molecule has 13 heavy (non-hydrogen) atoms. The molecule has 0 spiro atoms. The number of nitrogens with two attached hydrogens (primary N) is 1. The van der Waals surface area contributed by atoms with E-state index < -0.39 is 23.3 Å². The van der Waals surface area contributed by atoms with Crippen molar-refractivity contribution in [1.82, 2.24) is 9.97 Å². The molecule has 0 amide bonds. The zero-order valence-electron chi connectivity index (χ0n) is 6.26. The quantitative estimate of drug-likeness (QED) is 0.561. The first-order chi connectivity index (χ1) is 6.02. The van der Waals surface area contributed by atoms with Crippen molar-refractivity contribution in [2.75, 3.05) is 5.73 Å². The van der Waals surface area contributed by atoms with E-state index in [4.69, 9.17) is 15.9 Å². The van der Waals surface area contributed by atoms with Crippen molar-refractivity contribution in [3.8, 4) is 0 Å². The van der Waals surface area contributed by atoms with E-state index in [2.05, 4.69) is 9.97 Å². The lowest BCUT2D eigenvalue weighted by Crippen LogP contribution is -2.14. The van der Waals surface area contributed by atoms with Crippen LogP contribution in [0.3, 0.4) is 0 Å². The van der Waals surface area contributed by atoms with Gasteiger partial charge in [0.15, 0.2) is 11.4 Å². The van der Waals surface area contributed by atoms with Crippen LogP contribution in [0.15, 0.2) is 6.20 Å². The van der Waals surface area contributed by atoms with Gasteiger partial charge < -0.3 is 15.9 Å². The number of carbonyl (C=O) groups is 2. The van der Waals surface area contributed by atoms with Crippen molar-refractivity contribution < 1.29 is 19.8 Å². The SMILES string of the molecule is Nc1cnc(C(=O)O)c(C(=O)O)n1. The molecule has 0 unspecified atom stereocenters. The summed E-state index contributed by atoms with van der Waals surface area (Å²) in [6.07, 6.45) is 0.982. The summed E-state index contributed by atoms with van der Waals surface area (Å²) >= 11 is 0. The molecule has 0 aliphatic rings. The number of rotatable bonds is 2. The zero-order valence-corrected chi connectivity index (χ0v) is 6.26. The van der Waals surface area contributed by atoms with Crippen LogP contribution in [0.25, 0.3) is 0 Å². The molecule has 7 nitrogen and oxygen atoms in total. The van der Waals surface area contributed by atoms with Gasteiger partial charge in [-0.05, 0) is 0 Å². The van der Waals surface area contributed by atoms with Crippen LogP contribution >= 0.6 is 0 Å². The Labute approximate surface area is 71.9 Å². The summed E-state index contributed by atoms with van der Waals surface area (Å²) < 4.78 is 0. The molecule has 0 radical (unpaired) electrons. The topological polar surface area (TPSA) is 126 Å². The minimum atomic E-state index is -1.47. The number of hydrogen-bond donors (Lipinski definition) is 3. The standard InChI is InChI=1S/C6H5N3O4/c7-2-1-8-3(5(10)11)4(9-2)6(12)13/h1H,(H2,7,9)(H,10,11)(H,12,13). The van der Waals surface area contributed by atoms with Gasteiger partial charge in [0.2, 0.25) is 0 Å². The largest absolute Gasteiger partial charge is 0.476 e. The first-order valence-corrected chi connectivity index (χ1v) is 3.11. The maximum absolute atomic E-state index is 10.5. The number of anilines is 1. The summed E-state index contributed by atoms with van der Waals surface area (Å²) in [5, 5.41) is 17.0. The molecular formula is C6H5N3O4. The lowest BCUT2D eigenvalue weighted by atomic mass is 10.3. The van der Waals surface area contributed by atoms with E-state index in [9.17, 15) is 9.59 Å². The van der Waals surface area contributed by atoms with Crippen LogP contribution in [0.1, 0.15) is 21.0 Å². The maximum Gasteiger partial charge on any atom is 0.357 e. The number of nitrogens with zero attached hydrogens (tertiary/aromatic N) is 2. The van der Waals surface area contributed by atoms with Crippen molar-refractivity contribution in [1.29, 1.82) is 0 Å². The van der Waals surface area contributed by atoms with E-state index in [0.717, 1.165) is 6.20 Å². The monoisotopic (exact) mass is 183 g/mol. The smallest absolute Gasteiger partial charge is 0.357 e.